The van der Waals surface area contributed by atoms with Crippen molar-refractivity contribution in [3.8, 4) is 0 Å². The van der Waals surface area contributed by atoms with Crippen LogP contribution < -0.4 is 0 Å². The van der Waals surface area contributed by atoms with E-state index in [0.29, 0.717) is 19.3 Å². The maximum absolute atomic E-state index is 12.9. The third kappa shape index (κ3) is 66.1. The second kappa shape index (κ2) is 67.9. The minimum atomic E-state index is -0.768. The number of ether oxygens (including phenoxy) is 3. The van der Waals surface area contributed by atoms with Crippen LogP contribution in [0.15, 0.2) is 48.6 Å². The Bertz CT molecular complexity index is 1360. The summed E-state index contributed by atoms with van der Waals surface area (Å²) < 4.78 is 16.9. The summed E-state index contributed by atoms with van der Waals surface area (Å²) in [6.45, 7) is 6.58. The quantitative estimate of drug-likeness (QED) is 0.0261. The van der Waals surface area contributed by atoms with Crippen molar-refractivity contribution in [2.24, 2.45) is 0 Å². The first kappa shape index (κ1) is 76.4. The van der Waals surface area contributed by atoms with E-state index >= 15 is 0 Å². The number of rotatable bonds is 65. The lowest BCUT2D eigenvalue weighted by molar-refractivity contribution is -0.167. The summed E-state index contributed by atoms with van der Waals surface area (Å²) in [6.07, 6.45) is 85.9. The standard InChI is InChI=1S/C73H134O6/c1-4-7-10-13-16-19-21-23-25-27-29-31-33-34-35-36-37-38-40-41-43-45-47-49-51-54-57-60-63-66-72(75)78-69-70(68-77-71(74)65-62-59-56-53-18-15-12-9-6-3)79-73(76)67-64-61-58-55-52-50-48-46-44-42-39-32-30-28-26-24-22-20-17-14-11-8-5-2/h7,10,16,19,23,25,29,31,70H,4-6,8-9,11-15,17-18,20-22,24,26-28,30,32-69H2,1-3H3/b10-7-,19-16-,25-23-,31-29-. The van der Waals surface area contributed by atoms with E-state index in [0.717, 1.165) is 83.5 Å². The second-order valence-electron chi connectivity index (χ2n) is 23.8. The Balaban J connectivity index is 4.09. The Kier molecular flexibility index (Phi) is 65.6. The van der Waals surface area contributed by atoms with Gasteiger partial charge in [-0.25, -0.2) is 0 Å². The van der Waals surface area contributed by atoms with Crippen LogP contribution in [0, 0.1) is 0 Å². The molecule has 0 aromatic carbocycles. The molecule has 462 valence electrons. The molecule has 0 aliphatic carbocycles. The highest BCUT2D eigenvalue weighted by Gasteiger charge is 2.19. The molecule has 1 unspecified atom stereocenters. The van der Waals surface area contributed by atoms with Gasteiger partial charge in [0, 0.05) is 19.3 Å². The van der Waals surface area contributed by atoms with Crippen molar-refractivity contribution in [1.29, 1.82) is 0 Å². The van der Waals surface area contributed by atoms with Crippen molar-refractivity contribution < 1.29 is 28.6 Å². The van der Waals surface area contributed by atoms with Crippen molar-refractivity contribution in [2.75, 3.05) is 13.2 Å². The highest BCUT2D eigenvalue weighted by atomic mass is 16.6. The van der Waals surface area contributed by atoms with Crippen LogP contribution in [0.2, 0.25) is 0 Å². The molecule has 79 heavy (non-hydrogen) atoms. The third-order valence-electron chi connectivity index (χ3n) is 15.8. The number of carbonyl (C=O) groups is 3. The van der Waals surface area contributed by atoms with E-state index in [1.54, 1.807) is 0 Å². The molecule has 0 N–H and O–H groups in total. The third-order valence-corrected chi connectivity index (χ3v) is 15.8. The van der Waals surface area contributed by atoms with E-state index in [4.69, 9.17) is 14.2 Å². The minimum Gasteiger partial charge on any atom is -0.462 e. The molecule has 0 spiro atoms. The van der Waals surface area contributed by atoms with Gasteiger partial charge in [0.05, 0.1) is 0 Å². The fraction of sp³-hybridized carbons (Fsp3) is 0.849. The molecule has 0 aliphatic rings. The summed E-state index contributed by atoms with van der Waals surface area (Å²) in [4.78, 5) is 38.3. The Morgan fingerprint density at radius 1 is 0.266 bits per heavy atom. The van der Waals surface area contributed by atoms with Gasteiger partial charge in [-0.1, -0.05) is 352 Å². The highest BCUT2D eigenvalue weighted by Crippen LogP contribution is 2.19. The summed E-state index contributed by atoms with van der Waals surface area (Å²) in [7, 11) is 0. The van der Waals surface area contributed by atoms with Crippen molar-refractivity contribution in [3.05, 3.63) is 48.6 Å². The van der Waals surface area contributed by atoms with Crippen LogP contribution in [-0.2, 0) is 28.6 Å². The molecule has 0 amide bonds. The SMILES string of the molecule is CC/C=C\C/C=C\C/C=C\C/C=C\CCCCCCCCCCCCCCCCCCC(=O)OCC(COC(=O)CCCCCCCCCCC)OC(=O)CCCCCCCCCCCCCCCCCCCCCCCCC. The summed E-state index contributed by atoms with van der Waals surface area (Å²) in [5.74, 6) is -0.841. The zero-order valence-corrected chi connectivity index (χ0v) is 53.2. The van der Waals surface area contributed by atoms with Crippen molar-refractivity contribution in [1.82, 2.24) is 0 Å². The summed E-state index contributed by atoms with van der Waals surface area (Å²) >= 11 is 0. The molecule has 0 heterocycles. The average Bonchev–Trinajstić information content (AvgIpc) is 3.45. The molecule has 0 radical (unpaired) electrons. The molecule has 0 aromatic heterocycles. The molecule has 0 saturated carbocycles. The number of hydrogen-bond donors (Lipinski definition) is 0. The maximum Gasteiger partial charge on any atom is 0.306 e. The predicted molar refractivity (Wildman–Crippen MR) is 344 cm³/mol. The first-order valence-corrected chi connectivity index (χ1v) is 35.1. The van der Waals surface area contributed by atoms with E-state index in [2.05, 4.69) is 69.4 Å². The summed E-state index contributed by atoms with van der Waals surface area (Å²) in [5.41, 5.74) is 0. The number of hydrogen-bond acceptors (Lipinski definition) is 6. The van der Waals surface area contributed by atoms with E-state index in [9.17, 15) is 14.4 Å². The van der Waals surface area contributed by atoms with Gasteiger partial charge in [-0.3, -0.25) is 14.4 Å². The summed E-state index contributed by atoms with van der Waals surface area (Å²) in [6, 6.07) is 0. The van der Waals surface area contributed by atoms with E-state index in [-0.39, 0.29) is 31.1 Å². The monoisotopic (exact) mass is 1110 g/mol. The van der Waals surface area contributed by atoms with Crippen LogP contribution in [0.1, 0.15) is 380 Å². The fourth-order valence-corrected chi connectivity index (χ4v) is 10.6. The lowest BCUT2D eigenvalue weighted by Gasteiger charge is -2.18. The van der Waals surface area contributed by atoms with Crippen molar-refractivity contribution >= 4 is 17.9 Å². The normalized spacial score (nSPS) is 12.3. The lowest BCUT2D eigenvalue weighted by atomic mass is 10.0. The highest BCUT2D eigenvalue weighted by molar-refractivity contribution is 5.71. The molecular weight excluding hydrogens is 973 g/mol. The summed E-state index contributed by atoms with van der Waals surface area (Å²) in [5, 5.41) is 0. The molecule has 0 aliphatic heterocycles. The Morgan fingerprint density at radius 2 is 0.494 bits per heavy atom. The fourth-order valence-electron chi connectivity index (χ4n) is 10.6. The van der Waals surface area contributed by atoms with Crippen LogP contribution in [0.25, 0.3) is 0 Å². The van der Waals surface area contributed by atoms with Gasteiger partial charge in [0.25, 0.3) is 0 Å². The van der Waals surface area contributed by atoms with E-state index in [1.807, 2.05) is 0 Å². The molecule has 0 aromatic rings. The molecule has 0 rings (SSSR count). The first-order valence-electron chi connectivity index (χ1n) is 35.1. The number of esters is 3. The number of unbranched alkanes of at least 4 members (excludes halogenated alkanes) is 46. The largest absolute Gasteiger partial charge is 0.462 e. The van der Waals surface area contributed by atoms with Crippen molar-refractivity contribution in [2.45, 2.75) is 386 Å². The Hall–Kier alpha value is -2.63. The van der Waals surface area contributed by atoms with Gasteiger partial charge in [0.1, 0.15) is 13.2 Å². The zero-order chi connectivity index (χ0) is 57.1. The van der Waals surface area contributed by atoms with Gasteiger partial charge in [-0.2, -0.15) is 0 Å². The smallest absolute Gasteiger partial charge is 0.306 e. The molecule has 0 fully saturated rings. The number of carbonyl (C=O) groups excluding carboxylic acids is 3. The Labute approximate surface area is 492 Å². The van der Waals surface area contributed by atoms with Crippen LogP contribution in [0.4, 0.5) is 0 Å². The van der Waals surface area contributed by atoms with Gasteiger partial charge in [0.2, 0.25) is 0 Å². The molecule has 6 heteroatoms. The van der Waals surface area contributed by atoms with E-state index in [1.165, 1.54) is 257 Å². The maximum atomic E-state index is 12.9. The second-order valence-corrected chi connectivity index (χ2v) is 23.8. The van der Waals surface area contributed by atoms with Crippen molar-refractivity contribution in [3.63, 3.8) is 0 Å². The van der Waals surface area contributed by atoms with Gasteiger partial charge in [-0.15, -0.1) is 0 Å². The predicted octanol–water partition coefficient (Wildman–Crippen LogP) is 24.1. The molecule has 0 saturated heterocycles. The number of allylic oxidation sites excluding steroid dienone is 8. The molecule has 6 nitrogen and oxygen atoms in total. The van der Waals surface area contributed by atoms with Gasteiger partial charge < -0.3 is 14.2 Å². The van der Waals surface area contributed by atoms with Gasteiger partial charge >= 0.3 is 17.9 Å². The molecular formula is C73H134O6. The lowest BCUT2D eigenvalue weighted by Crippen LogP contribution is -2.30. The van der Waals surface area contributed by atoms with Gasteiger partial charge in [0.15, 0.2) is 6.10 Å². The van der Waals surface area contributed by atoms with Crippen LogP contribution in [-0.4, -0.2) is 37.2 Å². The topological polar surface area (TPSA) is 78.9 Å². The van der Waals surface area contributed by atoms with Crippen LogP contribution >= 0.6 is 0 Å². The average molecular weight is 1110 g/mol. The Morgan fingerprint density at radius 3 is 0.772 bits per heavy atom. The zero-order valence-electron chi connectivity index (χ0n) is 53.2. The van der Waals surface area contributed by atoms with E-state index < -0.39 is 6.10 Å². The van der Waals surface area contributed by atoms with Gasteiger partial charge in [-0.05, 0) is 57.8 Å². The van der Waals surface area contributed by atoms with Crippen LogP contribution in [0.3, 0.4) is 0 Å². The van der Waals surface area contributed by atoms with Crippen LogP contribution in [0.5, 0.6) is 0 Å². The molecule has 1 atom stereocenters. The minimum absolute atomic E-state index is 0.0662. The molecule has 0 bridgehead atoms. The first-order chi connectivity index (χ1) is 39.0.